The van der Waals surface area contributed by atoms with Crippen molar-refractivity contribution in [2.75, 3.05) is 5.32 Å². The number of pyridine rings is 1. The highest BCUT2D eigenvalue weighted by Crippen LogP contribution is 2.25. The maximum absolute atomic E-state index is 12.6. The Morgan fingerprint density at radius 2 is 1.89 bits per heavy atom. The van der Waals surface area contributed by atoms with Gasteiger partial charge in [-0.2, -0.15) is 0 Å². The first-order valence-electron chi connectivity index (χ1n) is 8.37. The van der Waals surface area contributed by atoms with Crippen molar-refractivity contribution < 1.29 is 13.2 Å². The van der Waals surface area contributed by atoms with Gasteiger partial charge in [-0.25, -0.2) is 13.1 Å². The number of H-pyrrole nitrogens is 1. The van der Waals surface area contributed by atoms with Gasteiger partial charge in [0.1, 0.15) is 0 Å². The lowest BCUT2D eigenvalue weighted by Crippen LogP contribution is -2.27. The SMILES string of the molecule is Cc1ccc2[nH]c(=O)c(CNS(=O)(=O)c3ccc4c(c3)CC(=O)N4)cc2c1. The Bertz CT molecular complexity index is 1250. The van der Waals surface area contributed by atoms with E-state index in [0.717, 1.165) is 10.9 Å². The number of nitrogens with one attached hydrogen (secondary N) is 3. The van der Waals surface area contributed by atoms with E-state index in [9.17, 15) is 18.0 Å². The average molecular weight is 383 g/mol. The normalized spacial score (nSPS) is 13.6. The highest BCUT2D eigenvalue weighted by Gasteiger charge is 2.22. The van der Waals surface area contributed by atoms with E-state index in [2.05, 4.69) is 15.0 Å². The lowest BCUT2D eigenvalue weighted by Gasteiger charge is -2.09. The molecule has 1 amide bonds. The van der Waals surface area contributed by atoms with Crippen LogP contribution in [-0.4, -0.2) is 19.3 Å². The first kappa shape index (κ1) is 17.4. The number of carbonyl (C=O) groups is 1. The van der Waals surface area contributed by atoms with Gasteiger partial charge in [0, 0.05) is 23.3 Å². The monoisotopic (exact) mass is 383 g/mol. The van der Waals surface area contributed by atoms with Gasteiger partial charge in [-0.1, -0.05) is 11.6 Å². The third-order valence-electron chi connectivity index (χ3n) is 4.54. The number of aromatic amines is 1. The lowest BCUT2D eigenvalue weighted by atomic mass is 10.1. The van der Waals surface area contributed by atoms with Gasteiger partial charge in [0.05, 0.1) is 11.3 Å². The number of aromatic nitrogens is 1. The molecule has 8 heteroatoms. The number of aryl methyl sites for hydroxylation is 1. The van der Waals surface area contributed by atoms with Crippen LogP contribution in [0.1, 0.15) is 16.7 Å². The van der Waals surface area contributed by atoms with Crippen LogP contribution in [0, 0.1) is 6.92 Å². The molecule has 0 spiro atoms. The van der Waals surface area contributed by atoms with Crippen LogP contribution in [0.4, 0.5) is 5.69 Å². The molecule has 0 atom stereocenters. The van der Waals surface area contributed by atoms with Crippen molar-refractivity contribution >= 4 is 32.5 Å². The number of benzene rings is 2. The third-order valence-corrected chi connectivity index (χ3v) is 5.94. The Morgan fingerprint density at radius 1 is 1.07 bits per heavy atom. The van der Waals surface area contributed by atoms with E-state index < -0.39 is 10.0 Å². The zero-order valence-corrected chi connectivity index (χ0v) is 15.3. The molecule has 0 bridgehead atoms. The van der Waals surface area contributed by atoms with Gasteiger partial charge < -0.3 is 10.3 Å². The quantitative estimate of drug-likeness (QED) is 0.638. The van der Waals surface area contributed by atoms with Gasteiger partial charge in [-0.15, -0.1) is 0 Å². The van der Waals surface area contributed by atoms with Gasteiger partial charge in [-0.05, 0) is 54.3 Å². The number of hydrogen-bond donors (Lipinski definition) is 3. The van der Waals surface area contributed by atoms with Crippen LogP contribution in [0.2, 0.25) is 0 Å². The average Bonchev–Trinajstić information content (AvgIpc) is 2.99. The summed E-state index contributed by atoms with van der Waals surface area (Å²) in [5.74, 6) is -0.162. The zero-order valence-electron chi connectivity index (χ0n) is 14.5. The molecule has 2 heterocycles. The number of rotatable bonds is 4. The Hall–Kier alpha value is -2.97. The van der Waals surface area contributed by atoms with E-state index in [1.807, 2.05) is 25.1 Å². The standard InChI is InChI=1S/C19H17N3O4S/c1-11-2-4-17-12(6-11)7-14(19(24)22-17)10-20-27(25,26)15-3-5-16-13(8-15)9-18(23)21-16/h2-8,20H,9-10H2,1H3,(H,21,23)(H,22,24). The van der Waals surface area contributed by atoms with Crippen LogP contribution >= 0.6 is 0 Å². The second-order valence-corrected chi connectivity index (χ2v) is 8.35. The number of hydrogen-bond acceptors (Lipinski definition) is 4. The Morgan fingerprint density at radius 3 is 2.70 bits per heavy atom. The zero-order chi connectivity index (χ0) is 19.2. The minimum atomic E-state index is -3.82. The van der Waals surface area contributed by atoms with Crippen LogP contribution < -0.4 is 15.6 Å². The summed E-state index contributed by atoms with van der Waals surface area (Å²) in [6.07, 6.45) is 0.155. The minimum absolute atomic E-state index is 0.0609. The first-order chi connectivity index (χ1) is 12.8. The summed E-state index contributed by atoms with van der Waals surface area (Å²) in [4.78, 5) is 26.5. The van der Waals surface area contributed by atoms with E-state index >= 15 is 0 Å². The fourth-order valence-corrected chi connectivity index (χ4v) is 4.19. The number of fused-ring (bicyclic) bond motifs is 2. The fourth-order valence-electron chi connectivity index (χ4n) is 3.13. The predicted molar refractivity (Wildman–Crippen MR) is 102 cm³/mol. The molecule has 0 saturated heterocycles. The molecule has 0 radical (unpaired) electrons. The van der Waals surface area contributed by atoms with Crippen LogP contribution in [0.25, 0.3) is 10.9 Å². The maximum Gasteiger partial charge on any atom is 0.252 e. The molecule has 4 rings (SSSR count). The topological polar surface area (TPSA) is 108 Å². The molecule has 0 aliphatic carbocycles. The van der Waals surface area contributed by atoms with Crippen molar-refractivity contribution in [3.63, 3.8) is 0 Å². The van der Waals surface area contributed by atoms with Gasteiger partial charge in [-0.3, -0.25) is 9.59 Å². The molecule has 7 nitrogen and oxygen atoms in total. The molecule has 1 aliphatic rings. The molecule has 0 saturated carbocycles. The molecule has 1 aromatic heterocycles. The molecule has 3 aromatic rings. The highest BCUT2D eigenvalue weighted by molar-refractivity contribution is 7.89. The smallest absolute Gasteiger partial charge is 0.252 e. The van der Waals surface area contributed by atoms with Crippen LogP contribution in [-0.2, 0) is 27.8 Å². The van der Waals surface area contributed by atoms with Gasteiger partial charge in [0.25, 0.3) is 5.56 Å². The summed E-state index contributed by atoms with van der Waals surface area (Å²) < 4.78 is 27.6. The van der Waals surface area contributed by atoms with E-state index in [1.165, 1.54) is 12.1 Å². The second kappa shape index (κ2) is 6.33. The van der Waals surface area contributed by atoms with E-state index in [0.29, 0.717) is 22.3 Å². The predicted octanol–water partition coefficient (Wildman–Crippen LogP) is 1.81. The largest absolute Gasteiger partial charge is 0.326 e. The molecule has 3 N–H and O–H groups in total. The fraction of sp³-hybridized carbons (Fsp3) is 0.158. The van der Waals surface area contributed by atoms with Gasteiger partial charge in [0.2, 0.25) is 15.9 Å². The van der Waals surface area contributed by atoms with E-state index in [-0.39, 0.29) is 29.3 Å². The van der Waals surface area contributed by atoms with Gasteiger partial charge in [0.15, 0.2) is 0 Å². The molecule has 27 heavy (non-hydrogen) atoms. The Labute approximate surface area is 155 Å². The highest BCUT2D eigenvalue weighted by atomic mass is 32.2. The summed E-state index contributed by atoms with van der Waals surface area (Å²) in [5.41, 5.74) is 3.00. The van der Waals surface area contributed by atoms with Crippen LogP contribution in [0.3, 0.4) is 0 Å². The number of amides is 1. The van der Waals surface area contributed by atoms with Crippen LogP contribution in [0.5, 0.6) is 0 Å². The van der Waals surface area contributed by atoms with Gasteiger partial charge >= 0.3 is 0 Å². The van der Waals surface area contributed by atoms with E-state index in [4.69, 9.17) is 0 Å². The molecule has 138 valence electrons. The second-order valence-electron chi connectivity index (χ2n) is 6.58. The maximum atomic E-state index is 12.6. The van der Waals surface area contributed by atoms with Crippen molar-refractivity contribution in [3.05, 3.63) is 69.5 Å². The molecule has 0 fully saturated rings. The van der Waals surface area contributed by atoms with Crippen LogP contribution in [0.15, 0.2) is 52.2 Å². The minimum Gasteiger partial charge on any atom is -0.326 e. The summed E-state index contributed by atoms with van der Waals surface area (Å²) in [5, 5.41) is 3.50. The third kappa shape index (κ3) is 3.36. The summed E-state index contributed by atoms with van der Waals surface area (Å²) in [6, 6.07) is 11.8. The lowest BCUT2D eigenvalue weighted by molar-refractivity contribution is -0.115. The van der Waals surface area contributed by atoms with E-state index in [1.54, 1.807) is 12.1 Å². The van der Waals surface area contributed by atoms with Crippen molar-refractivity contribution in [2.24, 2.45) is 0 Å². The number of sulfonamides is 1. The molecule has 0 unspecified atom stereocenters. The molecule has 2 aromatic carbocycles. The van der Waals surface area contributed by atoms with Crippen molar-refractivity contribution in [1.82, 2.24) is 9.71 Å². The Balaban J connectivity index is 1.60. The summed E-state index contributed by atoms with van der Waals surface area (Å²) >= 11 is 0. The summed E-state index contributed by atoms with van der Waals surface area (Å²) in [6.45, 7) is 1.82. The number of anilines is 1. The Kier molecular flexibility index (Phi) is 4.09. The molecule has 1 aliphatic heterocycles. The van der Waals surface area contributed by atoms with Crippen molar-refractivity contribution in [1.29, 1.82) is 0 Å². The number of carbonyl (C=O) groups excluding carboxylic acids is 1. The summed E-state index contributed by atoms with van der Waals surface area (Å²) in [7, 11) is -3.82. The molecular weight excluding hydrogens is 366 g/mol. The molecular formula is C19H17N3O4S. The van der Waals surface area contributed by atoms with Crippen molar-refractivity contribution in [3.8, 4) is 0 Å². The van der Waals surface area contributed by atoms with Crippen molar-refractivity contribution in [2.45, 2.75) is 24.8 Å². The first-order valence-corrected chi connectivity index (χ1v) is 9.85.